The Balaban J connectivity index is 1.81. The van der Waals surface area contributed by atoms with Crippen LogP contribution in [-0.4, -0.2) is 24.5 Å². The molecular weight excluding hydrogens is 396 g/mol. The van der Waals surface area contributed by atoms with Gasteiger partial charge in [0.05, 0.1) is 10.7 Å². The van der Waals surface area contributed by atoms with Gasteiger partial charge in [-0.25, -0.2) is 4.98 Å². The molecule has 1 aromatic heterocycles. The van der Waals surface area contributed by atoms with Crippen LogP contribution in [0.15, 0.2) is 27.7 Å². The molecule has 1 heterocycles. The first-order chi connectivity index (χ1) is 11.0. The highest BCUT2D eigenvalue weighted by molar-refractivity contribution is 9.10. The number of aromatic nitrogens is 1. The fraction of sp³-hybridized carbons (Fsp3) is 0.375. The summed E-state index contributed by atoms with van der Waals surface area (Å²) in [6.07, 6.45) is 0.888. The maximum atomic E-state index is 6.22. The quantitative estimate of drug-likeness (QED) is 0.571. The van der Waals surface area contributed by atoms with Crippen LogP contribution >= 0.6 is 38.9 Å². The number of hydrogen-bond acceptors (Lipinski definition) is 3. The number of aliphatic imine (C=N–C) groups is 1. The summed E-state index contributed by atoms with van der Waals surface area (Å²) in [6, 6.07) is 5.86. The summed E-state index contributed by atoms with van der Waals surface area (Å²) < 4.78 is 0.975. The fourth-order valence-electron chi connectivity index (χ4n) is 2.00. The molecular formula is C16H20BrClN4S. The van der Waals surface area contributed by atoms with Crippen LogP contribution < -0.4 is 10.6 Å². The topological polar surface area (TPSA) is 49.3 Å². The second kappa shape index (κ2) is 8.66. The van der Waals surface area contributed by atoms with Gasteiger partial charge in [-0.1, -0.05) is 33.6 Å². The predicted molar refractivity (Wildman–Crippen MR) is 103 cm³/mol. The molecule has 0 spiro atoms. The monoisotopic (exact) mass is 414 g/mol. The molecule has 0 aliphatic rings. The number of rotatable bonds is 5. The van der Waals surface area contributed by atoms with Crippen LogP contribution in [0.4, 0.5) is 0 Å². The zero-order valence-corrected chi connectivity index (χ0v) is 16.6. The Bertz CT molecular complexity index is 680. The van der Waals surface area contributed by atoms with Crippen molar-refractivity contribution in [3.05, 3.63) is 48.8 Å². The van der Waals surface area contributed by atoms with Crippen LogP contribution in [0.5, 0.6) is 0 Å². The number of benzene rings is 1. The van der Waals surface area contributed by atoms with Crippen LogP contribution in [0.2, 0.25) is 5.02 Å². The van der Waals surface area contributed by atoms with Gasteiger partial charge in [0.25, 0.3) is 0 Å². The van der Waals surface area contributed by atoms with Crippen molar-refractivity contribution in [2.75, 3.05) is 13.6 Å². The highest BCUT2D eigenvalue weighted by Crippen LogP contribution is 2.21. The lowest BCUT2D eigenvalue weighted by Crippen LogP contribution is -2.37. The van der Waals surface area contributed by atoms with E-state index in [1.807, 2.05) is 25.1 Å². The minimum Gasteiger partial charge on any atom is -0.356 e. The van der Waals surface area contributed by atoms with Gasteiger partial charge in [-0.2, -0.15) is 0 Å². The van der Waals surface area contributed by atoms with Crippen molar-refractivity contribution in [3.63, 3.8) is 0 Å². The molecule has 2 rings (SSSR count). The van der Waals surface area contributed by atoms with Crippen molar-refractivity contribution in [3.8, 4) is 0 Å². The molecule has 0 bridgehead atoms. The first kappa shape index (κ1) is 18.2. The molecule has 4 nitrogen and oxygen atoms in total. The largest absolute Gasteiger partial charge is 0.356 e. The van der Waals surface area contributed by atoms with Crippen molar-refractivity contribution in [1.29, 1.82) is 0 Å². The predicted octanol–water partition coefficient (Wildman–Crippen LogP) is 4.08. The summed E-state index contributed by atoms with van der Waals surface area (Å²) in [7, 11) is 1.76. The molecule has 7 heteroatoms. The third-order valence-electron chi connectivity index (χ3n) is 3.39. The van der Waals surface area contributed by atoms with Gasteiger partial charge in [-0.3, -0.25) is 4.99 Å². The van der Waals surface area contributed by atoms with E-state index in [1.54, 1.807) is 18.4 Å². The highest BCUT2D eigenvalue weighted by atomic mass is 79.9. The van der Waals surface area contributed by atoms with Crippen LogP contribution in [0, 0.1) is 13.8 Å². The molecule has 0 unspecified atom stereocenters. The number of halogens is 2. The Morgan fingerprint density at radius 2 is 2.13 bits per heavy atom. The second-order valence-electron chi connectivity index (χ2n) is 5.09. The zero-order chi connectivity index (χ0) is 16.8. The first-order valence-electron chi connectivity index (χ1n) is 7.31. The molecule has 23 heavy (non-hydrogen) atoms. The third-order valence-corrected chi connectivity index (χ3v) is 5.37. The van der Waals surface area contributed by atoms with Crippen molar-refractivity contribution in [2.24, 2.45) is 4.99 Å². The van der Waals surface area contributed by atoms with Crippen LogP contribution in [0.25, 0.3) is 0 Å². The summed E-state index contributed by atoms with van der Waals surface area (Å²) in [5.74, 6) is 0.758. The van der Waals surface area contributed by atoms with Crippen LogP contribution in [-0.2, 0) is 13.0 Å². The molecule has 0 amide bonds. The minimum absolute atomic E-state index is 0.626. The smallest absolute Gasteiger partial charge is 0.191 e. The molecule has 0 saturated carbocycles. The summed E-state index contributed by atoms with van der Waals surface area (Å²) >= 11 is 11.4. The lowest BCUT2D eigenvalue weighted by Gasteiger charge is -2.12. The second-order valence-corrected chi connectivity index (χ2v) is 7.70. The lowest BCUT2D eigenvalue weighted by atomic mass is 10.2. The normalized spacial score (nSPS) is 11.6. The maximum Gasteiger partial charge on any atom is 0.191 e. The van der Waals surface area contributed by atoms with Crippen LogP contribution in [0.3, 0.4) is 0 Å². The van der Waals surface area contributed by atoms with E-state index in [0.717, 1.165) is 44.7 Å². The minimum atomic E-state index is 0.626. The molecule has 0 aliphatic carbocycles. The zero-order valence-electron chi connectivity index (χ0n) is 13.4. The molecule has 124 valence electrons. The van der Waals surface area contributed by atoms with Gasteiger partial charge in [-0.05, 0) is 31.5 Å². The Kier molecular flexibility index (Phi) is 6.87. The number of nitrogens with one attached hydrogen (secondary N) is 2. The average molecular weight is 416 g/mol. The number of aryl methyl sites for hydroxylation is 2. The molecule has 0 fully saturated rings. The molecule has 0 atom stereocenters. The highest BCUT2D eigenvalue weighted by Gasteiger charge is 2.05. The summed E-state index contributed by atoms with van der Waals surface area (Å²) in [4.78, 5) is 10.1. The lowest BCUT2D eigenvalue weighted by molar-refractivity contribution is 0.791. The summed E-state index contributed by atoms with van der Waals surface area (Å²) in [5, 5.41) is 8.46. The number of nitrogens with zero attached hydrogens (tertiary/aromatic N) is 2. The van der Waals surface area contributed by atoms with Gasteiger partial charge in [0.15, 0.2) is 5.96 Å². The van der Waals surface area contributed by atoms with Gasteiger partial charge >= 0.3 is 0 Å². The van der Waals surface area contributed by atoms with E-state index in [0.29, 0.717) is 6.54 Å². The first-order valence-corrected chi connectivity index (χ1v) is 9.29. The van der Waals surface area contributed by atoms with Crippen molar-refractivity contribution < 1.29 is 0 Å². The van der Waals surface area contributed by atoms with Crippen molar-refractivity contribution in [2.45, 2.75) is 26.8 Å². The van der Waals surface area contributed by atoms with Gasteiger partial charge < -0.3 is 10.6 Å². The molecule has 2 N–H and O–H groups in total. The summed E-state index contributed by atoms with van der Waals surface area (Å²) in [6.45, 7) is 5.57. The van der Waals surface area contributed by atoms with E-state index in [2.05, 4.69) is 43.5 Å². The molecule has 1 aromatic carbocycles. The van der Waals surface area contributed by atoms with Gasteiger partial charge in [0.1, 0.15) is 0 Å². The van der Waals surface area contributed by atoms with Gasteiger partial charge in [-0.15, -0.1) is 11.3 Å². The fourth-order valence-corrected chi connectivity index (χ4v) is 3.67. The van der Waals surface area contributed by atoms with Gasteiger partial charge in [0, 0.05) is 40.9 Å². The average Bonchev–Trinajstić information content (AvgIpc) is 2.82. The Labute approximate surface area is 154 Å². The Morgan fingerprint density at radius 3 is 2.74 bits per heavy atom. The third kappa shape index (κ3) is 5.48. The van der Waals surface area contributed by atoms with Crippen LogP contribution in [0.1, 0.15) is 21.1 Å². The molecule has 0 saturated heterocycles. The van der Waals surface area contributed by atoms with E-state index in [4.69, 9.17) is 11.6 Å². The van der Waals surface area contributed by atoms with E-state index in [9.17, 15) is 0 Å². The summed E-state index contributed by atoms with van der Waals surface area (Å²) in [5.41, 5.74) is 2.15. The van der Waals surface area contributed by atoms with Gasteiger partial charge in [0.2, 0.25) is 0 Å². The number of thiazole rings is 1. The van der Waals surface area contributed by atoms with E-state index < -0.39 is 0 Å². The number of hydrogen-bond donors (Lipinski definition) is 2. The Morgan fingerprint density at radius 1 is 1.35 bits per heavy atom. The van der Waals surface area contributed by atoms with Crippen molar-refractivity contribution in [1.82, 2.24) is 15.6 Å². The SMILES string of the molecule is CN=C(NCCc1nc(C)c(C)s1)NCc1ccc(Br)cc1Cl. The number of guanidine groups is 1. The molecule has 0 radical (unpaired) electrons. The Hall–Kier alpha value is -1.11. The molecule has 0 aliphatic heterocycles. The van der Waals surface area contributed by atoms with E-state index in [1.165, 1.54) is 4.88 Å². The standard InChI is InChI=1S/C16H20BrClN4S/c1-10-11(2)23-15(22-10)6-7-20-16(19-3)21-9-12-4-5-13(17)8-14(12)18/h4-5,8H,6-7,9H2,1-3H3,(H2,19,20,21). The van der Waals surface area contributed by atoms with E-state index in [-0.39, 0.29) is 0 Å². The molecule has 2 aromatic rings. The maximum absolute atomic E-state index is 6.22. The van der Waals surface area contributed by atoms with Crippen molar-refractivity contribution >= 4 is 44.8 Å². The van der Waals surface area contributed by atoms with E-state index >= 15 is 0 Å².